The minimum Gasteiger partial charge on any atom is -0.497 e. The summed E-state index contributed by atoms with van der Waals surface area (Å²) >= 11 is 0. The van der Waals surface area contributed by atoms with Crippen LogP contribution >= 0.6 is 0 Å². The minimum atomic E-state index is -0.651. The van der Waals surface area contributed by atoms with Crippen LogP contribution in [0.25, 0.3) is 5.57 Å². The highest BCUT2D eigenvalue weighted by atomic mass is 16.6. The van der Waals surface area contributed by atoms with Crippen LogP contribution in [-0.4, -0.2) is 31.1 Å². The molecular weight excluding hydrogens is 356 g/mol. The Morgan fingerprint density at radius 1 is 1.07 bits per heavy atom. The van der Waals surface area contributed by atoms with Crippen LogP contribution < -0.4 is 4.74 Å². The molecule has 0 saturated carbocycles. The van der Waals surface area contributed by atoms with Gasteiger partial charge in [-0.15, -0.1) is 0 Å². The molecular formula is C23H28O5. The number of carbonyl (C=O) groups excluding carboxylic acids is 2. The number of allylic oxidation sites excluding steroid dienone is 1. The van der Waals surface area contributed by atoms with E-state index in [4.69, 9.17) is 14.2 Å². The average Bonchev–Trinajstić information content (AvgIpc) is 3.28. The second kappa shape index (κ2) is 6.45. The van der Waals surface area contributed by atoms with Gasteiger partial charge in [0, 0.05) is 0 Å². The molecule has 2 fully saturated rings. The van der Waals surface area contributed by atoms with Gasteiger partial charge in [0.15, 0.2) is 5.78 Å². The monoisotopic (exact) mass is 384 g/mol. The summed E-state index contributed by atoms with van der Waals surface area (Å²) in [6.07, 6.45) is 1.69. The van der Waals surface area contributed by atoms with Crippen LogP contribution in [0, 0.1) is 31.1 Å². The fraction of sp³-hybridized carbons (Fsp3) is 0.565. The van der Waals surface area contributed by atoms with E-state index in [0.29, 0.717) is 11.3 Å². The summed E-state index contributed by atoms with van der Waals surface area (Å²) in [6.45, 7) is 9.40. The first-order valence-electron chi connectivity index (χ1n) is 9.95. The van der Waals surface area contributed by atoms with Gasteiger partial charge in [0.1, 0.15) is 11.5 Å². The quantitative estimate of drug-likeness (QED) is 0.738. The van der Waals surface area contributed by atoms with Crippen molar-refractivity contribution in [1.82, 2.24) is 0 Å². The van der Waals surface area contributed by atoms with Crippen molar-refractivity contribution in [3.63, 3.8) is 0 Å². The molecule has 1 aliphatic carbocycles. The molecule has 2 saturated heterocycles. The van der Waals surface area contributed by atoms with Crippen molar-refractivity contribution < 1.29 is 23.8 Å². The highest BCUT2D eigenvalue weighted by molar-refractivity contribution is 6.26. The summed E-state index contributed by atoms with van der Waals surface area (Å²) in [6, 6.07) is 3.84. The molecule has 5 nitrogen and oxygen atoms in total. The number of fused-ring (bicyclic) bond motifs is 5. The molecule has 4 atom stereocenters. The molecule has 0 unspecified atom stereocenters. The summed E-state index contributed by atoms with van der Waals surface area (Å²) in [7, 11) is 1.63. The SMILES string of the molecule is COc1cc(C)c(C2=C(OC(=O)C(C)(C)C)[C@H]3[C@@H](C2=O)[C@@H]2CC[C@H]3O2)c(C)c1. The van der Waals surface area contributed by atoms with Crippen LogP contribution in [-0.2, 0) is 19.1 Å². The molecule has 28 heavy (non-hydrogen) atoms. The fourth-order valence-corrected chi connectivity index (χ4v) is 4.85. The normalized spacial score (nSPS) is 28.7. The Morgan fingerprint density at radius 3 is 2.18 bits per heavy atom. The maximum Gasteiger partial charge on any atom is 0.316 e. The molecule has 2 bridgehead atoms. The van der Waals surface area contributed by atoms with Crippen LogP contribution in [0.1, 0.15) is 50.3 Å². The first-order valence-corrected chi connectivity index (χ1v) is 9.95. The van der Waals surface area contributed by atoms with Gasteiger partial charge < -0.3 is 14.2 Å². The van der Waals surface area contributed by atoms with Crippen molar-refractivity contribution in [2.24, 2.45) is 17.3 Å². The predicted molar refractivity (Wildman–Crippen MR) is 105 cm³/mol. The lowest BCUT2D eigenvalue weighted by Gasteiger charge is -2.24. The third-order valence-corrected chi connectivity index (χ3v) is 6.18. The second-order valence-electron chi connectivity index (χ2n) is 9.22. The van der Waals surface area contributed by atoms with Gasteiger partial charge in [-0.2, -0.15) is 0 Å². The lowest BCUT2D eigenvalue weighted by Crippen LogP contribution is -2.31. The van der Waals surface area contributed by atoms with Crippen LogP contribution in [0.5, 0.6) is 5.75 Å². The second-order valence-corrected chi connectivity index (χ2v) is 9.22. The van der Waals surface area contributed by atoms with Crippen LogP contribution in [0.4, 0.5) is 0 Å². The van der Waals surface area contributed by atoms with Crippen LogP contribution in [0.2, 0.25) is 0 Å². The molecule has 4 rings (SSSR count). The lowest BCUT2D eigenvalue weighted by atomic mass is 9.80. The first kappa shape index (κ1) is 19.2. The van der Waals surface area contributed by atoms with Crippen molar-refractivity contribution >= 4 is 17.3 Å². The van der Waals surface area contributed by atoms with E-state index >= 15 is 0 Å². The van der Waals surface area contributed by atoms with E-state index < -0.39 is 5.41 Å². The van der Waals surface area contributed by atoms with Crippen molar-refractivity contribution in [1.29, 1.82) is 0 Å². The van der Waals surface area contributed by atoms with E-state index in [0.717, 1.165) is 35.3 Å². The molecule has 0 aromatic heterocycles. The standard InChI is InChI=1S/C23H28O5/c1-11-9-13(26-6)10-12(2)16(11)19-20(24)17-14-7-8-15(27-14)18(17)21(19)28-22(25)23(3,4)5/h9-10,14-15,17-18H,7-8H2,1-6H3/t14-,15+,17-,18+/m0/s1. The summed E-state index contributed by atoms with van der Waals surface area (Å²) in [5.41, 5.74) is 2.65. The number of ketones is 1. The molecule has 0 N–H and O–H groups in total. The number of methoxy groups -OCH3 is 1. The van der Waals surface area contributed by atoms with E-state index in [1.165, 1.54) is 0 Å². The number of hydrogen-bond donors (Lipinski definition) is 0. The molecule has 2 heterocycles. The summed E-state index contributed by atoms with van der Waals surface area (Å²) in [5.74, 6) is 0.594. The highest BCUT2D eigenvalue weighted by Gasteiger charge is 2.60. The Bertz CT molecular complexity index is 866. The van der Waals surface area contributed by atoms with E-state index in [-0.39, 0.29) is 35.8 Å². The van der Waals surface area contributed by atoms with Crippen LogP contribution in [0.15, 0.2) is 17.9 Å². The fourth-order valence-electron chi connectivity index (χ4n) is 4.85. The zero-order valence-corrected chi connectivity index (χ0v) is 17.4. The lowest BCUT2D eigenvalue weighted by molar-refractivity contribution is -0.149. The van der Waals surface area contributed by atoms with E-state index in [2.05, 4.69) is 0 Å². The molecule has 0 amide bonds. The van der Waals surface area contributed by atoms with Crippen LogP contribution in [0.3, 0.4) is 0 Å². The minimum absolute atomic E-state index is 0.0434. The van der Waals surface area contributed by atoms with E-state index in [1.54, 1.807) is 7.11 Å². The molecule has 5 heteroatoms. The predicted octanol–water partition coefficient (Wildman–Crippen LogP) is 3.99. The number of benzene rings is 1. The zero-order chi connectivity index (χ0) is 20.4. The van der Waals surface area contributed by atoms with Gasteiger partial charge >= 0.3 is 5.97 Å². The van der Waals surface area contributed by atoms with Gasteiger partial charge in [-0.05, 0) is 76.3 Å². The largest absolute Gasteiger partial charge is 0.497 e. The topological polar surface area (TPSA) is 61.8 Å². The number of ether oxygens (including phenoxy) is 3. The number of carbonyl (C=O) groups is 2. The number of aryl methyl sites for hydroxylation is 2. The van der Waals surface area contributed by atoms with Crippen molar-refractivity contribution in [2.75, 3.05) is 7.11 Å². The Morgan fingerprint density at radius 2 is 1.64 bits per heavy atom. The average molecular weight is 384 g/mol. The van der Waals surface area contributed by atoms with E-state index in [1.807, 2.05) is 46.8 Å². The smallest absolute Gasteiger partial charge is 0.316 e. The number of hydrogen-bond acceptors (Lipinski definition) is 5. The maximum atomic E-state index is 13.5. The molecule has 2 aliphatic heterocycles. The molecule has 0 spiro atoms. The molecule has 1 aromatic rings. The van der Waals surface area contributed by atoms with Gasteiger partial charge in [-0.1, -0.05) is 0 Å². The van der Waals surface area contributed by atoms with Gasteiger partial charge in [0.05, 0.1) is 42.1 Å². The van der Waals surface area contributed by atoms with Crippen molar-refractivity contribution in [2.45, 2.75) is 59.7 Å². The summed E-state index contributed by atoms with van der Waals surface area (Å²) in [5, 5.41) is 0. The Kier molecular flexibility index (Phi) is 4.42. The zero-order valence-electron chi connectivity index (χ0n) is 17.4. The Labute approximate surface area is 166 Å². The third kappa shape index (κ3) is 2.79. The van der Waals surface area contributed by atoms with E-state index in [9.17, 15) is 9.59 Å². The van der Waals surface area contributed by atoms with Crippen molar-refractivity contribution in [3.8, 4) is 5.75 Å². The number of esters is 1. The summed E-state index contributed by atoms with van der Waals surface area (Å²) in [4.78, 5) is 26.3. The summed E-state index contributed by atoms with van der Waals surface area (Å²) < 4.78 is 17.3. The Hall–Kier alpha value is -2.14. The molecule has 0 radical (unpaired) electrons. The maximum absolute atomic E-state index is 13.5. The number of rotatable bonds is 3. The Balaban J connectivity index is 1.88. The van der Waals surface area contributed by atoms with Gasteiger partial charge in [-0.3, -0.25) is 9.59 Å². The molecule has 1 aromatic carbocycles. The molecule has 3 aliphatic rings. The third-order valence-electron chi connectivity index (χ3n) is 6.18. The van der Waals surface area contributed by atoms with Gasteiger partial charge in [0.25, 0.3) is 0 Å². The molecule has 150 valence electrons. The van der Waals surface area contributed by atoms with Crippen molar-refractivity contribution in [3.05, 3.63) is 34.6 Å². The number of Topliss-reactive ketones (excluding diaryl/α,β-unsaturated/α-hetero) is 1. The van der Waals surface area contributed by atoms with Gasteiger partial charge in [-0.25, -0.2) is 0 Å². The first-order chi connectivity index (χ1) is 13.1. The highest BCUT2D eigenvalue weighted by Crippen LogP contribution is 2.55. The van der Waals surface area contributed by atoms with Gasteiger partial charge in [0.2, 0.25) is 0 Å².